The summed E-state index contributed by atoms with van der Waals surface area (Å²) in [7, 11) is 0. The van der Waals surface area contributed by atoms with Crippen LogP contribution in [0, 0.1) is 0 Å². The predicted octanol–water partition coefficient (Wildman–Crippen LogP) is 15.1. The van der Waals surface area contributed by atoms with Crippen LogP contribution in [0.2, 0.25) is 0 Å². The first kappa shape index (κ1) is 35.5. The minimum Gasteiger partial charge on any atom is -0.310 e. The Kier molecular flexibility index (Phi) is 9.59. The molecule has 0 fully saturated rings. The summed E-state index contributed by atoms with van der Waals surface area (Å²) in [4.78, 5) is 12.4. The van der Waals surface area contributed by atoms with Gasteiger partial charge < -0.3 is 4.90 Å². The number of hydrogen-bond acceptors (Lipinski definition) is 3. The lowest BCUT2D eigenvalue weighted by Crippen LogP contribution is -2.10. The molecule has 0 saturated carbocycles. The number of anilines is 3. The third kappa shape index (κ3) is 7.41. The van der Waals surface area contributed by atoms with Crippen molar-refractivity contribution < 1.29 is 0 Å². The highest BCUT2D eigenvalue weighted by atomic mass is 15.1. The molecule has 0 unspecified atom stereocenters. The quantitative estimate of drug-likeness (QED) is 0.147. The van der Waals surface area contributed by atoms with E-state index in [1.165, 1.54) is 33.0 Å². The van der Waals surface area contributed by atoms with Gasteiger partial charge in [-0.25, -0.2) is 9.97 Å². The topological polar surface area (TPSA) is 29.0 Å². The second kappa shape index (κ2) is 15.9. The summed E-state index contributed by atoms with van der Waals surface area (Å²) in [5, 5.41) is 2.41. The Morgan fingerprint density at radius 3 is 1.14 bits per heavy atom. The minimum absolute atomic E-state index is 0.712. The summed E-state index contributed by atoms with van der Waals surface area (Å²) in [6.07, 6.45) is 0. The molecule has 0 aliphatic heterocycles. The molecule has 0 aliphatic rings. The van der Waals surface area contributed by atoms with Crippen LogP contribution in [0.25, 0.3) is 78.1 Å². The van der Waals surface area contributed by atoms with Gasteiger partial charge in [-0.15, -0.1) is 0 Å². The van der Waals surface area contributed by atoms with Gasteiger partial charge in [0.2, 0.25) is 0 Å². The van der Waals surface area contributed by atoms with Crippen LogP contribution in [0.3, 0.4) is 0 Å². The zero-order chi connectivity index (χ0) is 39.4. The molecule has 9 aromatic carbocycles. The Bertz CT molecular complexity index is 2920. The second-order valence-corrected chi connectivity index (χ2v) is 14.6. The summed E-state index contributed by atoms with van der Waals surface area (Å²) < 4.78 is 0. The third-order valence-electron chi connectivity index (χ3n) is 10.9. The highest BCUT2D eigenvalue weighted by Gasteiger charge is 2.17. The molecular weight excluding hydrogens is 715 g/mol. The largest absolute Gasteiger partial charge is 0.310 e. The van der Waals surface area contributed by atoms with Crippen LogP contribution < -0.4 is 4.90 Å². The lowest BCUT2D eigenvalue weighted by Gasteiger charge is -2.27. The number of aromatic nitrogens is 2. The van der Waals surface area contributed by atoms with Crippen LogP contribution in [0.5, 0.6) is 0 Å². The zero-order valence-corrected chi connectivity index (χ0v) is 32.4. The number of rotatable bonds is 9. The van der Waals surface area contributed by atoms with Crippen molar-refractivity contribution in [2.75, 3.05) is 4.90 Å². The summed E-state index contributed by atoms with van der Waals surface area (Å²) in [5.74, 6) is 0.712. The maximum absolute atomic E-state index is 5.03. The maximum Gasteiger partial charge on any atom is 0.160 e. The van der Waals surface area contributed by atoms with E-state index in [2.05, 4.69) is 205 Å². The van der Waals surface area contributed by atoms with Gasteiger partial charge in [0.15, 0.2) is 5.82 Å². The Morgan fingerprint density at radius 1 is 0.271 bits per heavy atom. The highest BCUT2D eigenvalue weighted by Crippen LogP contribution is 2.40. The van der Waals surface area contributed by atoms with E-state index in [4.69, 9.17) is 9.97 Å². The molecule has 278 valence electrons. The second-order valence-electron chi connectivity index (χ2n) is 14.6. The first-order valence-electron chi connectivity index (χ1n) is 20.0. The van der Waals surface area contributed by atoms with Crippen molar-refractivity contribution in [2.24, 2.45) is 0 Å². The summed E-state index contributed by atoms with van der Waals surface area (Å²) >= 11 is 0. The van der Waals surface area contributed by atoms with Gasteiger partial charge in [0.05, 0.1) is 17.1 Å². The number of benzene rings is 9. The van der Waals surface area contributed by atoms with E-state index in [0.29, 0.717) is 5.82 Å². The molecule has 0 spiro atoms. The normalized spacial score (nSPS) is 11.1. The van der Waals surface area contributed by atoms with Crippen molar-refractivity contribution in [1.82, 2.24) is 9.97 Å². The van der Waals surface area contributed by atoms with Crippen LogP contribution >= 0.6 is 0 Å². The van der Waals surface area contributed by atoms with E-state index in [9.17, 15) is 0 Å². The number of hydrogen-bond donors (Lipinski definition) is 0. The smallest absolute Gasteiger partial charge is 0.160 e. The van der Waals surface area contributed by atoms with Gasteiger partial charge in [-0.3, -0.25) is 0 Å². The van der Waals surface area contributed by atoms with Crippen molar-refractivity contribution in [3.63, 3.8) is 0 Å². The van der Waals surface area contributed by atoms with Crippen molar-refractivity contribution in [1.29, 1.82) is 0 Å². The molecule has 0 aliphatic carbocycles. The fourth-order valence-corrected chi connectivity index (χ4v) is 7.82. The highest BCUT2D eigenvalue weighted by molar-refractivity contribution is 5.99. The zero-order valence-electron chi connectivity index (χ0n) is 32.4. The van der Waals surface area contributed by atoms with E-state index in [1.54, 1.807) is 0 Å². The Hall–Kier alpha value is -7.88. The molecule has 0 saturated heterocycles. The van der Waals surface area contributed by atoms with Crippen molar-refractivity contribution in [2.45, 2.75) is 0 Å². The van der Waals surface area contributed by atoms with E-state index < -0.39 is 0 Å². The lowest BCUT2D eigenvalue weighted by atomic mass is 9.99. The average Bonchev–Trinajstić information content (AvgIpc) is 3.33. The lowest BCUT2D eigenvalue weighted by molar-refractivity contribution is 1.18. The molecule has 0 amide bonds. The van der Waals surface area contributed by atoms with Crippen LogP contribution in [-0.4, -0.2) is 9.97 Å². The monoisotopic (exact) mass is 753 g/mol. The Morgan fingerprint density at radius 2 is 0.627 bits per heavy atom. The Labute approximate surface area is 345 Å². The van der Waals surface area contributed by atoms with Crippen molar-refractivity contribution >= 4 is 27.8 Å². The van der Waals surface area contributed by atoms with Gasteiger partial charge >= 0.3 is 0 Å². The van der Waals surface area contributed by atoms with Crippen LogP contribution in [0.15, 0.2) is 237 Å². The summed E-state index contributed by atoms with van der Waals surface area (Å²) in [6.45, 7) is 0. The van der Waals surface area contributed by atoms with Gasteiger partial charge in [-0.2, -0.15) is 0 Å². The van der Waals surface area contributed by atoms with Crippen LogP contribution in [-0.2, 0) is 0 Å². The molecule has 0 bridgehead atoms. The molecule has 10 rings (SSSR count). The van der Waals surface area contributed by atoms with Crippen molar-refractivity contribution in [3.05, 3.63) is 237 Å². The SMILES string of the molecule is c1ccc(-c2ccc(-c3ccc(N(c4ccc(-c5ccc(-c6cc(-c7ccccc7)nc(-c7ccccc7)n6)cc5)cc4)c4cccc5ccccc45)cc3)cc2)cc1. The fourth-order valence-electron chi connectivity index (χ4n) is 7.82. The molecule has 10 aromatic rings. The molecule has 0 radical (unpaired) electrons. The average molecular weight is 754 g/mol. The van der Waals surface area contributed by atoms with Gasteiger partial charge in [-0.05, 0) is 75.2 Å². The standard InChI is InChI=1S/C56H39N3/c1-4-13-40(14-5-1)41-23-25-42(26-24-41)44-31-35-50(36-32-44)59(55-22-12-20-46-15-10-11-21-52(46)55)51-37-33-45(34-38-51)43-27-29-48(30-28-43)54-39-53(47-16-6-2-7-17-47)57-56(58-54)49-18-8-3-9-19-49/h1-39H. The van der Waals surface area contributed by atoms with Crippen LogP contribution in [0.4, 0.5) is 17.1 Å². The first-order chi connectivity index (χ1) is 29.2. The maximum atomic E-state index is 5.03. The summed E-state index contributed by atoms with van der Waals surface area (Å²) in [6, 6.07) is 83.6. The minimum atomic E-state index is 0.712. The molecule has 59 heavy (non-hydrogen) atoms. The molecule has 3 heteroatoms. The van der Waals surface area contributed by atoms with E-state index >= 15 is 0 Å². The molecular formula is C56H39N3. The summed E-state index contributed by atoms with van der Waals surface area (Å²) in [5.41, 5.74) is 15.3. The first-order valence-corrected chi connectivity index (χ1v) is 20.0. The fraction of sp³-hybridized carbons (Fsp3) is 0. The van der Waals surface area contributed by atoms with E-state index in [1.807, 2.05) is 36.4 Å². The predicted molar refractivity (Wildman–Crippen MR) is 247 cm³/mol. The third-order valence-corrected chi connectivity index (χ3v) is 10.9. The van der Waals surface area contributed by atoms with Gasteiger partial charge in [-0.1, -0.05) is 200 Å². The molecule has 0 atom stereocenters. The van der Waals surface area contributed by atoms with Crippen LogP contribution in [0.1, 0.15) is 0 Å². The van der Waals surface area contributed by atoms with Gasteiger partial charge in [0.25, 0.3) is 0 Å². The van der Waals surface area contributed by atoms with Crippen molar-refractivity contribution in [3.8, 4) is 67.3 Å². The molecule has 3 nitrogen and oxygen atoms in total. The van der Waals surface area contributed by atoms with Gasteiger partial charge in [0.1, 0.15) is 0 Å². The van der Waals surface area contributed by atoms with Gasteiger partial charge in [0, 0.05) is 33.5 Å². The Balaban J connectivity index is 0.965. The molecule has 1 heterocycles. The van der Waals surface area contributed by atoms with E-state index in [-0.39, 0.29) is 0 Å². The molecule has 0 N–H and O–H groups in total. The molecule has 1 aromatic heterocycles. The number of fused-ring (bicyclic) bond motifs is 1. The van der Waals surface area contributed by atoms with E-state index in [0.717, 1.165) is 56.3 Å². The number of nitrogens with zero attached hydrogens (tertiary/aromatic N) is 3.